The molecule has 0 spiro atoms. The molecule has 3 rings (SSSR count). The van der Waals surface area contributed by atoms with Gasteiger partial charge in [0.1, 0.15) is 17.1 Å². The summed E-state index contributed by atoms with van der Waals surface area (Å²) in [5, 5.41) is 3.81. The van der Waals surface area contributed by atoms with Crippen molar-refractivity contribution < 1.29 is 23.5 Å². The van der Waals surface area contributed by atoms with Crippen LogP contribution in [-0.2, 0) is 9.53 Å². The number of rotatable bonds is 5. The Morgan fingerprint density at radius 3 is 2.30 bits per heavy atom. The molecule has 0 aliphatic carbocycles. The standard InChI is InChI=1S/C24H25NO5/c1-13(11-21(26)25-18-9-7-17(8-10-18)24(27)29-6)19-12-20-14(2)16(4)30-23(20)15(3)22(19)28-5/h7-12H,1-6H3,(H,25,26)/b13-11+. The number of esters is 1. The van der Waals surface area contributed by atoms with Crippen molar-refractivity contribution in [1.82, 2.24) is 0 Å². The summed E-state index contributed by atoms with van der Waals surface area (Å²) in [7, 11) is 2.93. The number of methoxy groups -OCH3 is 2. The third kappa shape index (κ3) is 3.94. The molecule has 0 fully saturated rings. The second-order valence-electron chi connectivity index (χ2n) is 7.13. The first-order valence-corrected chi connectivity index (χ1v) is 9.52. The highest BCUT2D eigenvalue weighted by molar-refractivity contribution is 6.05. The van der Waals surface area contributed by atoms with Gasteiger partial charge in [-0.05, 0) is 69.2 Å². The highest BCUT2D eigenvalue weighted by Crippen LogP contribution is 2.38. The number of nitrogens with one attached hydrogen (secondary N) is 1. The fraction of sp³-hybridized carbons (Fsp3) is 0.250. The molecular formula is C24H25NO5. The third-order valence-electron chi connectivity index (χ3n) is 5.20. The molecule has 0 aliphatic heterocycles. The maximum absolute atomic E-state index is 12.6. The van der Waals surface area contributed by atoms with Gasteiger partial charge in [0.15, 0.2) is 0 Å². The van der Waals surface area contributed by atoms with E-state index in [0.29, 0.717) is 17.0 Å². The van der Waals surface area contributed by atoms with E-state index in [4.69, 9.17) is 9.15 Å². The van der Waals surface area contributed by atoms with E-state index < -0.39 is 5.97 Å². The number of furan rings is 1. The van der Waals surface area contributed by atoms with Gasteiger partial charge in [-0.3, -0.25) is 4.79 Å². The van der Waals surface area contributed by atoms with E-state index in [9.17, 15) is 9.59 Å². The second kappa shape index (κ2) is 8.45. The number of carbonyl (C=O) groups excluding carboxylic acids is 2. The van der Waals surface area contributed by atoms with E-state index in [1.807, 2.05) is 33.8 Å². The van der Waals surface area contributed by atoms with Crippen LogP contribution in [0.2, 0.25) is 0 Å². The molecule has 30 heavy (non-hydrogen) atoms. The highest BCUT2D eigenvalue weighted by atomic mass is 16.5. The molecular weight excluding hydrogens is 382 g/mol. The van der Waals surface area contributed by atoms with Crippen molar-refractivity contribution in [3.63, 3.8) is 0 Å². The van der Waals surface area contributed by atoms with E-state index >= 15 is 0 Å². The number of fused-ring (bicyclic) bond motifs is 1. The lowest BCUT2D eigenvalue weighted by Crippen LogP contribution is -2.09. The molecule has 156 valence electrons. The molecule has 0 unspecified atom stereocenters. The van der Waals surface area contributed by atoms with Crippen LogP contribution in [0, 0.1) is 20.8 Å². The lowest BCUT2D eigenvalue weighted by Gasteiger charge is -2.13. The maximum atomic E-state index is 12.6. The quantitative estimate of drug-likeness (QED) is 0.465. The fourth-order valence-corrected chi connectivity index (χ4v) is 3.43. The van der Waals surface area contributed by atoms with E-state index in [0.717, 1.165) is 39.0 Å². The third-order valence-corrected chi connectivity index (χ3v) is 5.20. The average molecular weight is 407 g/mol. The summed E-state index contributed by atoms with van der Waals surface area (Å²) in [4.78, 5) is 24.1. The minimum Gasteiger partial charge on any atom is -0.496 e. The van der Waals surface area contributed by atoms with Crippen LogP contribution in [0.1, 0.15) is 39.7 Å². The summed E-state index contributed by atoms with van der Waals surface area (Å²) in [5.41, 5.74) is 5.36. The number of anilines is 1. The fourth-order valence-electron chi connectivity index (χ4n) is 3.43. The van der Waals surface area contributed by atoms with Gasteiger partial charge >= 0.3 is 5.97 Å². The van der Waals surface area contributed by atoms with E-state index in [-0.39, 0.29) is 5.91 Å². The number of amides is 1. The van der Waals surface area contributed by atoms with E-state index in [1.54, 1.807) is 31.4 Å². The number of hydrogen-bond acceptors (Lipinski definition) is 5. The predicted octanol–water partition coefficient (Wildman–Crippen LogP) is 5.20. The summed E-state index contributed by atoms with van der Waals surface area (Å²) in [5.74, 6) is 0.840. The van der Waals surface area contributed by atoms with Gasteiger partial charge in [-0.25, -0.2) is 4.79 Å². The maximum Gasteiger partial charge on any atom is 0.337 e. The van der Waals surface area contributed by atoms with Crippen molar-refractivity contribution >= 4 is 34.1 Å². The number of hydrogen-bond donors (Lipinski definition) is 1. The van der Waals surface area contributed by atoms with Crippen molar-refractivity contribution in [2.24, 2.45) is 0 Å². The van der Waals surface area contributed by atoms with Crippen LogP contribution < -0.4 is 10.1 Å². The van der Waals surface area contributed by atoms with Crippen molar-refractivity contribution in [1.29, 1.82) is 0 Å². The summed E-state index contributed by atoms with van der Waals surface area (Å²) in [6.45, 7) is 7.76. The van der Waals surface area contributed by atoms with Crippen molar-refractivity contribution in [2.45, 2.75) is 27.7 Å². The molecule has 6 nitrogen and oxygen atoms in total. The summed E-state index contributed by atoms with van der Waals surface area (Å²) in [6, 6.07) is 8.51. The molecule has 0 saturated carbocycles. The molecule has 1 N–H and O–H groups in total. The first kappa shape index (κ1) is 21.2. The molecule has 0 bridgehead atoms. The SMILES string of the molecule is COC(=O)c1ccc(NC(=O)/C=C(\C)c2cc3c(C)c(C)oc3c(C)c2OC)cc1. The molecule has 1 amide bonds. The molecule has 2 aromatic carbocycles. The van der Waals surface area contributed by atoms with Crippen LogP contribution in [0.4, 0.5) is 5.69 Å². The van der Waals surface area contributed by atoms with Crippen LogP contribution in [-0.4, -0.2) is 26.1 Å². The largest absolute Gasteiger partial charge is 0.496 e. The molecule has 0 atom stereocenters. The normalized spacial score (nSPS) is 11.5. The van der Waals surface area contributed by atoms with Crippen molar-refractivity contribution in [3.05, 3.63) is 64.4 Å². The molecule has 0 saturated heterocycles. The molecule has 0 radical (unpaired) electrons. The zero-order valence-electron chi connectivity index (χ0n) is 18.0. The predicted molar refractivity (Wildman–Crippen MR) is 117 cm³/mol. The van der Waals surface area contributed by atoms with Crippen LogP contribution in [0.15, 0.2) is 40.8 Å². The Morgan fingerprint density at radius 2 is 1.70 bits per heavy atom. The number of carbonyl (C=O) groups is 2. The Hall–Kier alpha value is -3.54. The average Bonchev–Trinajstić information content (AvgIpc) is 3.02. The number of allylic oxidation sites excluding steroid dienone is 1. The lowest BCUT2D eigenvalue weighted by atomic mass is 9.98. The lowest BCUT2D eigenvalue weighted by molar-refractivity contribution is -0.111. The first-order valence-electron chi connectivity index (χ1n) is 9.52. The highest BCUT2D eigenvalue weighted by Gasteiger charge is 2.18. The minimum absolute atomic E-state index is 0.279. The summed E-state index contributed by atoms with van der Waals surface area (Å²) in [6.07, 6.45) is 1.53. The van der Waals surface area contributed by atoms with Gasteiger partial charge in [0.2, 0.25) is 5.91 Å². The van der Waals surface area contributed by atoms with Crippen molar-refractivity contribution in [3.8, 4) is 5.75 Å². The van der Waals surface area contributed by atoms with Crippen LogP contribution in [0.5, 0.6) is 5.75 Å². The topological polar surface area (TPSA) is 77.8 Å². The monoisotopic (exact) mass is 407 g/mol. The number of aryl methyl sites for hydroxylation is 3. The van der Waals surface area contributed by atoms with Gasteiger partial charge in [-0.2, -0.15) is 0 Å². The van der Waals surface area contributed by atoms with Gasteiger partial charge in [0.25, 0.3) is 0 Å². The molecule has 6 heteroatoms. The zero-order valence-corrected chi connectivity index (χ0v) is 18.0. The molecule has 1 heterocycles. The Kier molecular flexibility index (Phi) is 5.96. The Balaban J connectivity index is 1.90. The number of ether oxygens (including phenoxy) is 2. The van der Waals surface area contributed by atoms with E-state index in [2.05, 4.69) is 10.1 Å². The Morgan fingerprint density at radius 1 is 1.03 bits per heavy atom. The number of benzene rings is 2. The summed E-state index contributed by atoms with van der Waals surface area (Å²) < 4.78 is 16.2. The minimum atomic E-state index is -0.425. The van der Waals surface area contributed by atoms with Gasteiger partial charge in [0, 0.05) is 28.3 Å². The summed E-state index contributed by atoms with van der Waals surface area (Å²) >= 11 is 0. The molecule has 1 aromatic heterocycles. The first-order chi connectivity index (χ1) is 14.3. The van der Waals surface area contributed by atoms with Crippen LogP contribution in [0.3, 0.4) is 0 Å². The van der Waals surface area contributed by atoms with Crippen molar-refractivity contribution in [2.75, 3.05) is 19.5 Å². The van der Waals surface area contributed by atoms with Crippen LogP contribution >= 0.6 is 0 Å². The van der Waals surface area contributed by atoms with Gasteiger partial charge in [-0.1, -0.05) is 0 Å². The zero-order chi connectivity index (χ0) is 22.0. The van der Waals surface area contributed by atoms with E-state index in [1.165, 1.54) is 13.2 Å². The van der Waals surface area contributed by atoms with Crippen LogP contribution in [0.25, 0.3) is 16.5 Å². The molecule has 0 aliphatic rings. The van der Waals surface area contributed by atoms with Gasteiger partial charge in [-0.15, -0.1) is 0 Å². The second-order valence-corrected chi connectivity index (χ2v) is 7.13. The Labute approximate surface area is 175 Å². The molecule has 3 aromatic rings. The van der Waals surface area contributed by atoms with Gasteiger partial charge < -0.3 is 19.2 Å². The smallest absolute Gasteiger partial charge is 0.337 e. The van der Waals surface area contributed by atoms with Gasteiger partial charge in [0.05, 0.1) is 19.8 Å². The Bertz CT molecular complexity index is 1150.